The highest BCUT2D eigenvalue weighted by Crippen LogP contribution is 2.30. The Morgan fingerprint density at radius 2 is 1.58 bits per heavy atom. The molecule has 0 saturated heterocycles. The lowest BCUT2D eigenvalue weighted by Crippen LogP contribution is -2.35. The first-order chi connectivity index (χ1) is 5.30. The van der Waals surface area contributed by atoms with E-state index >= 15 is 0 Å². The summed E-state index contributed by atoms with van der Waals surface area (Å²) in [7, 11) is 0. The normalized spacial score (nSPS) is 20.2. The lowest BCUT2D eigenvalue weighted by atomic mass is 9.76. The summed E-state index contributed by atoms with van der Waals surface area (Å²) < 4.78 is 0. The molecular weight excluding hydrogens is 148 g/mol. The first-order valence-corrected chi connectivity index (χ1v) is 5.03. The maximum absolute atomic E-state index is 9.80. The third-order valence-electron chi connectivity index (χ3n) is 3.44. The van der Waals surface area contributed by atoms with Crippen LogP contribution in [0.25, 0.3) is 0 Å². The molecule has 0 aliphatic heterocycles. The molecule has 1 heteroatoms. The molecule has 0 aromatic carbocycles. The third kappa shape index (κ3) is 3.14. The van der Waals surface area contributed by atoms with Gasteiger partial charge in [-0.15, -0.1) is 0 Å². The second kappa shape index (κ2) is 4.27. The van der Waals surface area contributed by atoms with Crippen LogP contribution in [0.4, 0.5) is 0 Å². The lowest BCUT2D eigenvalue weighted by Gasteiger charge is -2.34. The third-order valence-corrected chi connectivity index (χ3v) is 3.44. The van der Waals surface area contributed by atoms with E-state index in [1.54, 1.807) is 0 Å². The van der Waals surface area contributed by atoms with E-state index in [1.807, 2.05) is 13.8 Å². The molecule has 3 unspecified atom stereocenters. The summed E-state index contributed by atoms with van der Waals surface area (Å²) in [5, 5.41) is 9.80. The summed E-state index contributed by atoms with van der Waals surface area (Å²) in [5.74, 6) is 1.66. The minimum Gasteiger partial charge on any atom is -0.390 e. The summed E-state index contributed by atoms with van der Waals surface area (Å²) in [6, 6.07) is 0. The zero-order chi connectivity index (χ0) is 9.94. The molecule has 0 fully saturated rings. The van der Waals surface area contributed by atoms with Gasteiger partial charge in [-0.25, -0.2) is 0 Å². The number of rotatable bonds is 4. The number of hydrogen-bond acceptors (Lipinski definition) is 1. The summed E-state index contributed by atoms with van der Waals surface area (Å²) in [4.78, 5) is 0. The smallest absolute Gasteiger partial charge is 0.0619 e. The fourth-order valence-corrected chi connectivity index (χ4v) is 1.51. The second-order valence-corrected chi connectivity index (χ2v) is 4.69. The predicted molar refractivity (Wildman–Crippen MR) is 54.1 cm³/mol. The van der Waals surface area contributed by atoms with Crippen molar-refractivity contribution in [1.82, 2.24) is 0 Å². The molecule has 0 aromatic heterocycles. The Morgan fingerprint density at radius 1 is 1.17 bits per heavy atom. The first kappa shape index (κ1) is 12.0. The molecule has 0 aliphatic carbocycles. The van der Waals surface area contributed by atoms with Gasteiger partial charge in [0.25, 0.3) is 0 Å². The van der Waals surface area contributed by atoms with Crippen LogP contribution < -0.4 is 0 Å². The molecule has 3 atom stereocenters. The molecule has 0 radical (unpaired) electrons. The van der Waals surface area contributed by atoms with Crippen LogP contribution in [0.5, 0.6) is 0 Å². The van der Waals surface area contributed by atoms with Crippen LogP contribution in [0.1, 0.15) is 48.0 Å². The molecular formula is C11H24O. The molecule has 0 aromatic rings. The summed E-state index contributed by atoms with van der Waals surface area (Å²) >= 11 is 0. The van der Waals surface area contributed by atoms with Crippen molar-refractivity contribution in [3.8, 4) is 0 Å². The molecule has 0 heterocycles. The molecule has 0 spiro atoms. The van der Waals surface area contributed by atoms with Crippen LogP contribution >= 0.6 is 0 Å². The largest absolute Gasteiger partial charge is 0.390 e. The molecule has 0 saturated carbocycles. The van der Waals surface area contributed by atoms with Gasteiger partial charge in [0.2, 0.25) is 0 Å². The van der Waals surface area contributed by atoms with Crippen molar-refractivity contribution < 1.29 is 5.11 Å². The van der Waals surface area contributed by atoms with Gasteiger partial charge in [0, 0.05) is 0 Å². The molecule has 74 valence electrons. The number of aliphatic hydroxyl groups is 1. The SMILES string of the molecule is CCC(C)C(C)C(C)C(C)(C)O. The standard InChI is InChI=1S/C11H24O/c1-7-8(2)9(3)10(4)11(5,6)12/h8-10,12H,7H2,1-6H3. The minimum absolute atomic E-state index is 0.368. The van der Waals surface area contributed by atoms with E-state index in [-0.39, 0.29) is 0 Å². The van der Waals surface area contributed by atoms with Crippen LogP contribution in [-0.2, 0) is 0 Å². The highest BCUT2D eigenvalue weighted by Gasteiger charge is 2.29. The Balaban J connectivity index is 4.19. The highest BCUT2D eigenvalue weighted by atomic mass is 16.3. The van der Waals surface area contributed by atoms with Crippen LogP contribution in [-0.4, -0.2) is 10.7 Å². The zero-order valence-electron chi connectivity index (χ0n) is 9.39. The molecule has 12 heavy (non-hydrogen) atoms. The Bertz CT molecular complexity index is 123. The van der Waals surface area contributed by atoms with Gasteiger partial charge in [0.05, 0.1) is 5.60 Å². The Morgan fingerprint density at radius 3 is 1.83 bits per heavy atom. The molecule has 0 rings (SSSR count). The highest BCUT2D eigenvalue weighted by molar-refractivity contribution is 4.79. The Hall–Kier alpha value is -0.0400. The van der Waals surface area contributed by atoms with Gasteiger partial charge in [-0.3, -0.25) is 0 Å². The van der Waals surface area contributed by atoms with Crippen molar-refractivity contribution in [2.75, 3.05) is 0 Å². The maximum Gasteiger partial charge on any atom is 0.0619 e. The van der Waals surface area contributed by atoms with E-state index in [1.165, 1.54) is 6.42 Å². The van der Waals surface area contributed by atoms with Crippen LogP contribution in [0.3, 0.4) is 0 Å². The fourth-order valence-electron chi connectivity index (χ4n) is 1.51. The minimum atomic E-state index is -0.539. The van der Waals surface area contributed by atoms with Gasteiger partial charge in [-0.2, -0.15) is 0 Å². The van der Waals surface area contributed by atoms with E-state index < -0.39 is 5.60 Å². The molecule has 1 nitrogen and oxygen atoms in total. The Kier molecular flexibility index (Phi) is 4.25. The van der Waals surface area contributed by atoms with Gasteiger partial charge in [0.1, 0.15) is 0 Å². The average molecular weight is 172 g/mol. The van der Waals surface area contributed by atoms with E-state index in [0.29, 0.717) is 17.8 Å². The Labute approximate surface area is 77.2 Å². The van der Waals surface area contributed by atoms with Gasteiger partial charge in [-0.1, -0.05) is 34.1 Å². The zero-order valence-corrected chi connectivity index (χ0v) is 9.39. The van der Waals surface area contributed by atoms with Crippen molar-refractivity contribution in [3.05, 3.63) is 0 Å². The quantitative estimate of drug-likeness (QED) is 0.691. The molecule has 0 amide bonds. The first-order valence-electron chi connectivity index (χ1n) is 5.03. The van der Waals surface area contributed by atoms with Crippen LogP contribution in [0.2, 0.25) is 0 Å². The van der Waals surface area contributed by atoms with Crippen LogP contribution in [0.15, 0.2) is 0 Å². The summed E-state index contributed by atoms with van der Waals surface area (Å²) in [6.07, 6.45) is 1.20. The second-order valence-electron chi connectivity index (χ2n) is 4.69. The monoisotopic (exact) mass is 172 g/mol. The lowest BCUT2D eigenvalue weighted by molar-refractivity contribution is -0.00946. The van der Waals surface area contributed by atoms with Gasteiger partial charge < -0.3 is 5.11 Å². The predicted octanol–water partition coefficient (Wildman–Crippen LogP) is 3.08. The van der Waals surface area contributed by atoms with E-state index in [2.05, 4.69) is 27.7 Å². The van der Waals surface area contributed by atoms with Gasteiger partial charge in [-0.05, 0) is 31.6 Å². The number of hydrogen-bond donors (Lipinski definition) is 1. The van der Waals surface area contributed by atoms with Crippen LogP contribution in [0, 0.1) is 17.8 Å². The molecule has 0 bridgehead atoms. The van der Waals surface area contributed by atoms with Gasteiger partial charge >= 0.3 is 0 Å². The van der Waals surface area contributed by atoms with E-state index in [4.69, 9.17) is 0 Å². The van der Waals surface area contributed by atoms with E-state index in [0.717, 1.165) is 0 Å². The van der Waals surface area contributed by atoms with Crippen molar-refractivity contribution in [1.29, 1.82) is 0 Å². The van der Waals surface area contributed by atoms with Gasteiger partial charge in [0.15, 0.2) is 0 Å². The summed E-state index contributed by atoms with van der Waals surface area (Å²) in [5.41, 5.74) is -0.539. The average Bonchev–Trinajstić information content (AvgIpc) is 1.98. The summed E-state index contributed by atoms with van der Waals surface area (Å²) in [6.45, 7) is 12.6. The molecule has 0 aliphatic rings. The van der Waals surface area contributed by atoms with E-state index in [9.17, 15) is 5.11 Å². The van der Waals surface area contributed by atoms with Crippen molar-refractivity contribution in [2.24, 2.45) is 17.8 Å². The topological polar surface area (TPSA) is 20.2 Å². The van der Waals surface area contributed by atoms with Crippen molar-refractivity contribution >= 4 is 0 Å². The van der Waals surface area contributed by atoms with Crippen molar-refractivity contribution in [3.63, 3.8) is 0 Å². The molecule has 1 N–H and O–H groups in total. The fraction of sp³-hybridized carbons (Fsp3) is 1.00. The van der Waals surface area contributed by atoms with Crippen molar-refractivity contribution in [2.45, 2.75) is 53.6 Å². The maximum atomic E-state index is 9.80.